The van der Waals surface area contributed by atoms with E-state index >= 15 is 0 Å². The van der Waals surface area contributed by atoms with Crippen LogP contribution in [-0.4, -0.2) is 29.8 Å². The van der Waals surface area contributed by atoms with E-state index in [0.29, 0.717) is 0 Å². The quantitative estimate of drug-likeness (QED) is 0.436. The molecule has 17 heavy (non-hydrogen) atoms. The molecule has 0 aromatic carbocycles. The summed E-state index contributed by atoms with van der Waals surface area (Å²) in [6, 6.07) is 2.45. The summed E-state index contributed by atoms with van der Waals surface area (Å²) in [6.45, 7) is 16.5. The molecule has 0 aliphatic rings. The van der Waals surface area contributed by atoms with Gasteiger partial charge in [0, 0.05) is 13.2 Å². The SMILES string of the molecule is C=C[Si](C)(C)CCCC[Si](C)(OCC)OCC. The number of rotatable bonds is 10. The molecular formula is C13H30O2Si2. The smallest absolute Gasteiger partial charge is 0.334 e. The Kier molecular flexibility index (Phi) is 8.29. The molecule has 0 fully saturated rings. The fourth-order valence-electron chi connectivity index (χ4n) is 1.93. The maximum Gasteiger partial charge on any atom is 0.334 e. The van der Waals surface area contributed by atoms with E-state index < -0.39 is 16.6 Å². The third-order valence-corrected chi connectivity index (χ3v) is 8.96. The minimum absolute atomic E-state index is 0.773. The topological polar surface area (TPSA) is 18.5 Å². The van der Waals surface area contributed by atoms with Crippen LogP contribution < -0.4 is 0 Å². The minimum atomic E-state index is -1.87. The van der Waals surface area contributed by atoms with Crippen molar-refractivity contribution >= 4 is 16.6 Å². The van der Waals surface area contributed by atoms with E-state index in [2.05, 4.69) is 45.8 Å². The monoisotopic (exact) mass is 274 g/mol. The van der Waals surface area contributed by atoms with Gasteiger partial charge in [0.2, 0.25) is 0 Å². The Hall–Kier alpha value is 0.0938. The van der Waals surface area contributed by atoms with Crippen molar-refractivity contribution in [2.24, 2.45) is 0 Å². The Morgan fingerprint density at radius 3 is 1.82 bits per heavy atom. The van der Waals surface area contributed by atoms with Gasteiger partial charge in [-0.25, -0.2) is 0 Å². The molecule has 0 unspecified atom stereocenters. The molecule has 4 heteroatoms. The Balaban J connectivity index is 3.94. The van der Waals surface area contributed by atoms with Crippen molar-refractivity contribution in [3.05, 3.63) is 12.3 Å². The molecule has 0 rings (SSSR count). The molecule has 102 valence electrons. The average Bonchev–Trinajstić information content (AvgIpc) is 2.25. The first-order chi connectivity index (χ1) is 7.89. The highest BCUT2D eigenvalue weighted by Gasteiger charge is 2.30. The summed E-state index contributed by atoms with van der Waals surface area (Å²) in [7, 11) is -2.98. The number of hydrogen-bond donors (Lipinski definition) is 0. The molecule has 0 saturated carbocycles. The summed E-state index contributed by atoms with van der Waals surface area (Å²) in [5.41, 5.74) is 2.19. The van der Waals surface area contributed by atoms with Gasteiger partial charge in [-0.3, -0.25) is 0 Å². The minimum Gasteiger partial charge on any atom is -0.395 e. The van der Waals surface area contributed by atoms with Crippen LogP contribution in [0.5, 0.6) is 0 Å². The molecular weight excluding hydrogens is 244 g/mol. The van der Waals surface area contributed by atoms with E-state index in [1.807, 2.05) is 0 Å². The maximum atomic E-state index is 5.84. The Morgan fingerprint density at radius 2 is 1.41 bits per heavy atom. The summed E-state index contributed by atoms with van der Waals surface area (Å²) in [5.74, 6) is 0. The first kappa shape index (κ1) is 17.1. The van der Waals surface area contributed by atoms with E-state index in [9.17, 15) is 0 Å². The van der Waals surface area contributed by atoms with Crippen LogP contribution in [0, 0.1) is 0 Å². The Bertz CT molecular complexity index is 211. The van der Waals surface area contributed by atoms with Gasteiger partial charge < -0.3 is 8.85 Å². The summed E-state index contributed by atoms with van der Waals surface area (Å²) in [4.78, 5) is 0. The molecule has 0 aromatic rings. The lowest BCUT2D eigenvalue weighted by Crippen LogP contribution is -2.38. The number of hydrogen-bond acceptors (Lipinski definition) is 2. The zero-order valence-corrected chi connectivity index (χ0v) is 14.3. The number of unbranched alkanes of at least 4 members (excludes halogenated alkanes) is 1. The van der Waals surface area contributed by atoms with Crippen molar-refractivity contribution in [3.8, 4) is 0 Å². The molecule has 0 saturated heterocycles. The van der Waals surface area contributed by atoms with Gasteiger partial charge >= 0.3 is 8.56 Å². The average molecular weight is 275 g/mol. The van der Waals surface area contributed by atoms with E-state index in [1.165, 1.54) is 18.9 Å². The normalized spacial score (nSPS) is 12.8. The van der Waals surface area contributed by atoms with Gasteiger partial charge in [0.1, 0.15) is 0 Å². The second-order valence-corrected chi connectivity index (χ2v) is 13.6. The highest BCUT2D eigenvalue weighted by molar-refractivity contribution is 6.82. The van der Waals surface area contributed by atoms with Crippen molar-refractivity contribution in [2.45, 2.75) is 58.4 Å². The van der Waals surface area contributed by atoms with Crippen molar-refractivity contribution < 1.29 is 8.85 Å². The first-order valence-electron chi connectivity index (χ1n) is 6.80. The molecule has 0 atom stereocenters. The van der Waals surface area contributed by atoms with Crippen LogP contribution in [0.25, 0.3) is 0 Å². The molecule has 0 N–H and O–H groups in total. The molecule has 0 aliphatic heterocycles. The van der Waals surface area contributed by atoms with Crippen LogP contribution in [-0.2, 0) is 8.85 Å². The lowest BCUT2D eigenvalue weighted by Gasteiger charge is -2.26. The maximum absolute atomic E-state index is 5.84. The van der Waals surface area contributed by atoms with Crippen molar-refractivity contribution in [2.75, 3.05) is 13.2 Å². The molecule has 0 aliphatic carbocycles. The van der Waals surface area contributed by atoms with E-state index in [-0.39, 0.29) is 0 Å². The Morgan fingerprint density at radius 1 is 0.941 bits per heavy atom. The van der Waals surface area contributed by atoms with Crippen molar-refractivity contribution in [3.63, 3.8) is 0 Å². The zero-order valence-electron chi connectivity index (χ0n) is 12.3. The van der Waals surface area contributed by atoms with E-state index in [1.54, 1.807) is 0 Å². The van der Waals surface area contributed by atoms with Crippen molar-refractivity contribution in [1.29, 1.82) is 0 Å². The van der Waals surface area contributed by atoms with Gasteiger partial charge in [-0.05, 0) is 26.4 Å². The molecule has 2 nitrogen and oxygen atoms in total. The summed E-state index contributed by atoms with van der Waals surface area (Å²) in [5, 5.41) is 0. The fourth-order valence-corrected chi connectivity index (χ4v) is 5.78. The molecule has 0 bridgehead atoms. The second kappa shape index (κ2) is 8.24. The summed E-state index contributed by atoms with van der Waals surface area (Å²) in [6.07, 6.45) is 2.51. The molecule has 0 heterocycles. The van der Waals surface area contributed by atoms with Gasteiger partial charge in [0.25, 0.3) is 0 Å². The predicted octanol–water partition coefficient (Wildman–Crippen LogP) is 4.35. The zero-order chi connectivity index (χ0) is 13.4. The molecule has 0 amide bonds. The lowest BCUT2D eigenvalue weighted by molar-refractivity contribution is 0.188. The van der Waals surface area contributed by atoms with Gasteiger partial charge in [-0.2, -0.15) is 0 Å². The van der Waals surface area contributed by atoms with Crippen LogP contribution in [0.2, 0.25) is 31.7 Å². The second-order valence-electron chi connectivity index (χ2n) is 5.40. The predicted molar refractivity (Wildman–Crippen MR) is 81.4 cm³/mol. The molecule has 0 radical (unpaired) electrons. The summed E-state index contributed by atoms with van der Waals surface area (Å²) >= 11 is 0. The summed E-state index contributed by atoms with van der Waals surface area (Å²) < 4.78 is 11.7. The third kappa shape index (κ3) is 7.92. The van der Waals surface area contributed by atoms with E-state index in [0.717, 1.165) is 19.3 Å². The van der Waals surface area contributed by atoms with Crippen LogP contribution in [0.1, 0.15) is 26.7 Å². The molecule has 0 aromatic heterocycles. The Labute approximate surface area is 110 Å². The first-order valence-corrected chi connectivity index (χ1v) is 12.6. The fraction of sp³-hybridized carbons (Fsp3) is 0.846. The van der Waals surface area contributed by atoms with Crippen molar-refractivity contribution in [1.82, 2.24) is 0 Å². The van der Waals surface area contributed by atoms with E-state index in [4.69, 9.17) is 8.85 Å². The highest BCUT2D eigenvalue weighted by Crippen LogP contribution is 2.21. The van der Waals surface area contributed by atoms with Crippen LogP contribution in [0.3, 0.4) is 0 Å². The van der Waals surface area contributed by atoms with Crippen LogP contribution >= 0.6 is 0 Å². The lowest BCUT2D eigenvalue weighted by atomic mass is 10.4. The standard InChI is InChI=1S/C13H30O2Si2/c1-7-14-17(6,15-8-2)13-11-10-12-16(4,5)9-3/h9H,3,7-8,10-13H2,1-2,4-6H3. The van der Waals surface area contributed by atoms with Gasteiger partial charge in [-0.15, -0.1) is 12.3 Å². The third-order valence-electron chi connectivity index (χ3n) is 3.15. The van der Waals surface area contributed by atoms with Crippen LogP contribution in [0.15, 0.2) is 12.3 Å². The van der Waals surface area contributed by atoms with Gasteiger partial charge in [0.15, 0.2) is 0 Å². The van der Waals surface area contributed by atoms with Crippen LogP contribution in [0.4, 0.5) is 0 Å². The largest absolute Gasteiger partial charge is 0.395 e. The van der Waals surface area contributed by atoms with Gasteiger partial charge in [0.05, 0.1) is 8.07 Å². The molecule has 0 spiro atoms. The van der Waals surface area contributed by atoms with Gasteiger partial charge in [-0.1, -0.05) is 32.0 Å². The highest BCUT2D eigenvalue weighted by atomic mass is 28.4.